The zero-order valence-electron chi connectivity index (χ0n) is 8.84. The van der Waals surface area contributed by atoms with Crippen LogP contribution in [0.3, 0.4) is 0 Å². The lowest BCUT2D eigenvalue weighted by Gasteiger charge is -2.21. The Bertz CT molecular complexity index is 168. The number of carbonyl (C=O) groups is 1. The number of nitrogens with one attached hydrogen (secondary N) is 2. The molecule has 1 saturated heterocycles. The van der Waals surface area contributed by atoms with Crippen LogP contribution in [-0.4, -0.2) is 38.8 Å². The highest BCUT2D eigenvalue weighted by Gasteiger charge is 2.19. The molecule has 1 rings (SSSR count). The Morgan fingerprint density at radius 1 is 1.64 bits per heavy atom. The van der Waals surface area contributed by atoms with Gasteiger partial charge in [-0.3, -0.25) is 4.79 Å². The Hall–Kier alpha value is -0.610. The maximum Gasteiger partial charge on any atom is 0.224 e. The molecular formula is C10H20N2O2. The van der Waals surface area contributed by atoms with E-state index in [2.05, 4.69) is 10.6 Å². The van der Waals surface area contributed by atoms with Crippen molar-refractivity contribution < 1.29 is 9.53 Å². The minimum atomic E-state index is 0.158. The smallest absolute Gasteiger partial charge is 0.224 e. The molecule has 1 heterocycles. The second-order valence-corrected chi connectivity index (χ2v) is 3.53. The summed E-state index contributed by atoms with van der Waals surface area (Å²) in [4.78, 5) is 11.6. The van der Waals surface area contributed by atoms with Gasteiger partial charge in [0.25, 0.3) is 0 Å². The molecule has 0 spiro atoms. The normalized spacial score (nSPS) is 21.9. The molecule has 0 bridgehead atoms. The maximum absolute atomic E-state index is 11.6. The lowest BCUT2D eigenvalue weighted by Crippen LogP contribution is -2.41. The molecule has 14 heavy (non-hydrogen) atoms. The van der Waals surface area contributed by atoms with Crippen molar-refractivity contribution in [3.8, 4) is 0 Å². The molecule has 0 aromatic rings. The molecule has 82 valence electrons. The van der Waals surface area contributed by atoms with Crippen LogP contribution in [0.25, 0.3) is 0 Å². The van der Waals surface area contributed by atoms with Crippen molar-refractivity contribution in [2.24, 2.45) is 5.92 Å². The van der Waals surface area contributed by atoms with Crippen LogP contribution in [0.15, 0.2) is 0 Å². The number of piperidine rings is 1. The molecule has 1 fully saturated rings. The molecule has 1 amide bonds. The summed E-state index contributed by atoms with van der Waals surface area (Å²) in [5.41, 5.74) is 0. The van der Waals surface area contributed by atoms with Crippen molar-refractivity contribution in [1.82, 2.24) is 10.6 Å². The zero-order chi connectivity index (χ0) is 10.2. The van der Waals surface area contributed by atoms with Gasteiger partial charge in [0, 0.05) is 19.7 Å². The lowest BCUT2D eigenvalue weighted by molar-refractivity contribution is -0.125. The van der Waals surface area contributed by atoms with Crippen LogP contribution >= 0.6 is 0 Å². The summed E-state index contributed by atoms with van der Waals surface area (Å²) in [6.07, 6.45) is 2.11. The average molecular weight is 200 g/mol. The van der Waals surface area contributed by atoms with E-state index in [1.165, 1.54) is 0 Å². The van der Waals surface area contributed by atoms with E-state index in [1.807, 2.05) is 6.92 Å². The molecular weight excluding hydrogens is 180 g/mol. The van der Waals surface area contributed by atoms with Gasteiger partial charge in [-0.1, -0.05) is 0 Å². The van der Waals surface area contributed by atoms with Gasteiger partial charge in [0.15, 0.2) is 0 Å². The van der Waals surface area contributed by atoms with Crippen molar-refractivity contribution in [3.05, 3.63) is 0 Å². The molecule has 0 saturated carbocycles. The van der Waals surface area contributed by atoms with Crippen LogP contribution in [0.2, 0.25) is 0 Å². The monoisotopic (exact) mass is 200 g/mol. The van der Waals surface area contributed by atoms with Gasteiger partial charge >= 0.3 is 0 Å². The minimum Gasteiger partial charge on any atom is -0.380 e. The van der Waals surface area contributed by atoms with Crippen LogP contribution in [0, 0.1) is 5.92 Å². The molecule has 2 N–H and O–H groups in total. The Balaban J connectivity index is 2.07. The van der Waals surface area contributed by atoms with Crippen LogP contribution in [0.4, 0.5) is 0 Å². The SMILES string of the molecule is CCOCCNC(=O)C1CCCNC1. The summed E-state index contributed by atoms with van der Waals surface area (Å²) in [6, 6.07) is 0. The van der Waals surface area contributed by atoms with Crippen molar-refractivity contribution in [1.29, 1.82) is 0 Å². The van der Waals surface area contributed by atoms with Crippen LogP contribution in [0.1, 0.15) is 19.8 Å². The number of hydrogen-bond acceptors (Lipinski definition) is 3. The molecule has 1 aliphatic rings. The number of rotatable bonds is 5. The fourth-order valence-corrected chi connectivity index (χ4v) is 1.61. The van der Waals surface area contributed by atoms with E-state index in [9.17, 15) is 4.79 Å². The molecule has 1 unspecified atom stereocenters. The highest BCUT2D eigenvalue weighted by atomic mass is 16.5. The Morgan fingerprint density at radius 2 is 2.50 bits per heavy atom. The summed E-state index contributed by atoms with van der Waals surface area (Å²) >= 11 is 0. The Kier molecular flexibility index (Phi) is 5.56. The summed E-state index contributed by atoms with van der Waals surface area (Å²) in [5, 5.41) is 6.11. The first-order valence-electron chi connectivity index (χ1n) is 5.40. The second kappa shape index (κ2) is 6.79. The Morgan fingerprint density at radius 3 is 3.14 bits per heavy atom. The molecule has 0 aromatic carbocycles. The van der Waals surface area contributed by atoms with E-state index >= 15 is 0 Å². The standard InChI is InChI=1S/C10H20N2O2/c1-2-14-7-6-12-10(13)9-4-3-5-11-8-9/h9,11H,2-8H2,1H3,(H,12,13). The molecule has 4 nitrogen and oxygen atoms in total. The van der Waals surface area contributed by atoms with Gasteiger partial charge < -0.3 is 15.4 Å². The van der Waals surface area contributed by atoms with Crippen LogP contribution in [-0.2, 0) is 9.53 Å². The quantitative estimate of drug-likeness (QED) is 0.621. The topological polar surface area (TPSA) is 50.4 Å². The number of hydrogen-bond donors (Lipinski definition) is 2. The van der Waals surface area contributed by atoms with Gasteiger partial charge in [-0.15, -0.1) is 0 Å². The third-order valence-electron chi connectivity index (χ3n) is 2.42. The van der Waals surface area contributed by atoms with Gasteiger partial charge in [0.1, 0.15) is 0 Å². The molecule has 0 aliphatic carbocycles. The lowest BCUT2D eigenvalue weighted by atomic mass is 9.99. The van der Waals surface area contributed by atoms with E-state index in [-0.39, 0.29) is 11.8 Å². The van der Waals surface area contributed by atoms with Gasteiger partial charge in [-0.05, 0) is 26.3 Å². The third-order valence-corrected chi connectivity index (χ3v) is 2.42. The van der Waals surface area contributed by atoms with E-state index in [4.69, 9.17) is 4.74 Å². The predicted molar refractivity (Wildman–Crippen MR) is 55.1 cm³/mol. The molecule has 0 radical (unpaired) electrons. The third kappa shape index (κ3) is 4.07. The fraction of sp³-hybridized carbons (Fsp3) is 0.900. The molecule has 4 heteroatoms. The number of ether oxygens (including phenoxy) is 1. The number of carbonyl (C=O) groups excluding carboxylic acids is 1. The summed E-state index contributed by atoms with van der Waals surface area (Å²) in [5.74, 6) is 0.322. The highest BCUT2D eigenvalue weighted by molar-refractivity contribution is 5.78. The first-order valence-corrected chi connectivity index (χ1v) is 5.40. The first-order chi connectivity index (χ1) is 6.84. The van der Waals surface area contributed by atoms with Crippen molar-refractivity contribution in [3.63, 3.8) is 0 Å². The van der Waals surface area contributed by atoms with E-state index in [0.717, 1.165) is 25.9 Å². The van der Waals surface area contributed by atoms with E-state index in [1.54, 1.807) is 0 Å². The molecule has 1 atom stereocenters. The zero-order valence-corrected chi connectivity index (χ0v) is 8.84. The summed E-state index contributed by atoms with van der Waals surface area (Å²) in [6.45, 7) is 5.77. The second-order valence-electron chi connectivity index (χ2n) is 3.53. The van der Waals surface area contributed by atoms with Gasteiger partial charge in [0.05, 0.1) is 12.5 Å². The van der Waals surface area contributed by atoms with E-state index in [0.29, 0.717) is 19.8 Å². The van der Waals surface area contributed by atoms with Crippen LogP contribution < -0.4 is 10.6 Å². The fourth-order valence-electron chi connectivity index (χ4n) is 1.61. The maximum atomic E-state index is 11.6. The largest absolute Gasteiger partial charge is 0.380 e. The summed E-state index contributed by atoms with van der Waals surface area (Å²) < 4.78 is 5.14. The van der Waals surface area contributed by atoms with Crippen LogP contribution in [0.5, 0.6) is 0 Å². The van der Waals surface area contributed by atoms with Gasteiger partial charge in [0.2, 0.25) is 5.91 Å². The number of amides is 1. The Labute approximate surface area is 85.4 Å². The first kappa shape index (κ1) is 11.5. The predicted octanol–water partition coefficient (Wildman–Crippen LogP) is 0.139. The highest BCUT2D eigenvalue weighted by Crippen LogP contribution is 2.09. The molecule has 0 aromatic heterocycles. The van der Waals surface area contributed by atoms with Crippen molar-refractivity contribution in [2.45, 2.75) is 19.8 Å². The van der Waals surface area contributed by atoms with Crippen molar-refractivity contribution >= 4 is 5.91 Å². The van der Waals surface area contributed by atoms with E-state index < -0.39 is 0 Å². The minimum absolute atomic E-state index is 0.158. The van der Waals surface area contributed by atoms with Gasteiger partial charge in [-0.2, -0.15) is 0 Å². The van der Waals surface area contributed by atoms with Gasteiger partial charge in [-0.25, -0.2) is 0 Å². The van der Waals surface area contributed by atoms with Crippen molar-refractivity contribution in [2.75, 3.05) is 32.8 Å². The molecule has 1 aliphatic heterocycles. The summed E-state index contributed by atoms with van der Waals surface area (Å²) in [7, 11) is 0. The average Bonchev–Trinajstić information content (AvgIpc) is 2.25.